The van der Waals surface area contributed by atoms with Gasteiger partial charge < -0.3 is 20.9 Å². The van der Waals surface area contributed by atoms with E-state index in [1.807, 2.05) is 0 Å². The lowest BCUT2D eigenvalue weighted by atomic mass is 9.83. The average molecular weight is 447 g/mol. The summed E-state index contributed by atoms with van der Waals surface area (Å²) in [5.74, 6) is 11.7. The number of benzene rings is 1. The Labute approximate surface area is 190 Å². The minimum absolute atomic E-state index is 0. The van der Waals surface area contributed by atoms with Crippen molar-refractivity contribution in [2.75, 3.05) is 13.7 Å². The van der Waals surface area contributed by atoms with Gasteiger partial charge in [0.15, 0.2) is 0 Å². The highest BCUT2D eigenvalue weighted by Crippen LogP contribution is 2.27. The van der Waals surface area contributed by atoms with E-state index in [-0.39, 0.29) is 19.0 Å². The van der Waals surface area contributed by atoms with Crippen molar-refractivity contribution < 1.29 is 19.4 Å². The highest BCUT2D eigenvalue weighted by Gasteiger charge is 2.34. The van der Waals surface area contributed by atoms with Crippen LogP contribution in [0, 0.1) is 35.5 Å². The molecule has 0 unspecified atom stereocenters. The van der Waals surface area contributed by atoms with Crippen molar-refractivity contribution in [1.29, 1.82) is 0 Å². The fraction of sp³-hybridized carbons (Fsp3) is 0.500. The fourth-order valence-electron chi connectivity index (χ4n) is 3.32. The van der Waals surface area contributed by atoms with E-state index in [0.29, 0.717) is 17.4 Å². The van der Waals surface area contributed by atoms with E-state index in [1.54, 1.807) is 38.1 Å². The standard InChI is InChI=1S/C24H30N2O4.ClH/c1-24(2,25)21(23(29)30-3)26-22(28)20-14-12-18(13-15-20)7-5-4-6-17-8-10-19(16-27)11-9-17;/h12-15,17,19,21,27H,8-11,16,25H2,1-3H3,(H,26,28);1H/t17?,19?,21-;/m1./s1. The Balaban J connectivity index is 0.00000480. The van der Waals surface area contributed by atoms with Gasteiger partial charge in [0.25, 0.3) is 5.91 Å². The number of hydrogen-bond donors (Lipinski definition) is 3. The molecule has 4 N–H and O–H groups in total. The molecule has 0 radical (unpaired) electrons. The van der Waals surface area contributed by atoms with Crippen LogP contribution < -0.4 is 11.1 Å². The molecule has 1 amide bonds. The van der Waals surface area contributed by atoms with E-state index in [0.717, 1.165) is 31.2 Å². The van der Waals surface area contributed by atoms with E-state index in [1.165, 1.54) is 7.11 Å². The van der Waals surface area contributed by atoms with Crippen LogP contribution in [0.4, 0.5) is 0 Å². The van der Waals surface area contributed by atoms with E-state index < -0.39 is 23.5 Å². The number of hydrogen-bond acceptors (Lipinski definition) is 5. The second kappa shape index (κ2) is 12.4. The zero-order valence-corrected chi connectivity index (χ0v) is 19.1. The second-order valence-electron chi connectivity index (χ2n) is 8.25. The van der Waals surface area contributed by atoms with Gasteiger partial charge in [0, 0.05) is 29.2 Å². The second-order valence-corrected chi connectivity index (χ2v) is 8.25. The number of amides is 1. The number of rotatable bonds is 5. The first kappa shape index (κ1) is 26.5. The van der Waals surface area contributed by atoms with Crippen LogP contribution in [0.25, 0.3) is 0 Å². The van der Waals surface area contributed by atoms with Crippen molar-refractivity contribution in [1.82, 2.24) is 5.32 Å². The lowest BCUT2D eigenvalue weighted by molar-refractivity contribution is -0.144. The van der Waals surface area contributed by atoms with Crippen LogP contribution in [0.1, 0.15) is 55.5 Å². The molecule has 0 aliphatic heterocycles. The summed E-state index contributed by atoms with van der Waals surface area (Å²) in [4.78, 5) is 24.4. The number of aliphatic hydroxyl groups excluding tert-OH is 1. The molecular weight excluding hydrogens is 416 g/mol. The minimum atomic E-state index is -0.968. The topological polar surface area (TPSA) is 102 Å². The van der Waals surface area contributed by atoms with Crippen LogP contribution in [-0.2, 0) is 9.53 Å². The molecule has 1 fully saturated rings. The summed E-state index contributed by atoms with van der Waals surface area (Å²) < 4.78 is 4.73. The summed E-state index contributed by atoms with van der Waals surface area (Å²) in [6.45, 7) is 3.56. The average Bonchev–Trinajstić information content (AvgIpc) is 2.74. The van der Waals surface area contributed by atoms with Crippen molar-refractivity contribution in [2.24, 2.45) is 17.6 Å². The van der Waals surface area contributed by atoms with Gasteiger partial charge in [-0.2, -0.15) is 0 Å². The molecule has 0 bridgehead atoms. The zero-order chi connectivity index (χ0) is 22.1. The number of esters is 1. The van der Waals surface area contributed by atoms with Crippen molar-refractivity contribution in [3.8, 4) is 23.7 Å². The van der Waals surface area contributed by atoms with Crippen LogP contribution in [-0.4, -0.2) is 42.3 Å². The smallest absolute Gasteiger partial charge is 0.330 e. The third kappa shape index (κ3) is 8.26. The fourth-order valence-corrected chi connectivity index (χ4v) is 3.32. The lowest BCUT2D eigenvalue weighted by Gasteiger charge is -2.28. The first-order valence-corrected chi connectivity index (χ1v) is 10.1. The Kier molecular flexibility index (Phi) is 10.6. The van der Waals surface area contributed by atoms with Crippen LogP contribution in [0.2, 0.25) is 0 Å². The van der Waals surface area contributed by atoms with Gasteiger partial charge in [-0.1, -0.05) is 11.8 Å². The Morgan fingerprint density at radius 1 is 1.19 bits per heavy atom. The first-order chi connectivity index (χ1) is 14.2. The number of nitrogens with two attached hydrogens (primary N) is 1. The van der Waals surface area contributed by atoms with E-state index in [9.17, 15) is 14.7 Å². The van der Waals surface area contributed by atoms with Gasteiger partial charge in [0.05, 0.1) is 7.11 Å². The molecular formula is C24H31ClN2O4. The summed E-state index contributed by atoms with van der Waals surface area (Å²) in [5.41, 5.74) is 6.15. The summed E-state index contributed by atoms with van der Waals surface area (Å²) in [6.07, 6.45) is 4.06. The molecule has 0 aromatic heterocycles. The van der Waals surface area contributed by atoms with Gasteiger partial charge in [-0.05, 0) is 81.6 Å². The number of carbonyl (C=O) groups is 2. The largest absolute Gasteiger partial charge is 0.467 e. The van der Waals surface area contributed by atoms with Gasteiger partial charge in [-0.3, -0.25) is 4.79 Å². The van der Waals surface area contributed by atoms with Gasteiger partial charge in [-0.15, -0.1) is 12.4 Å². The monoisotopic (exact) mass is 446 g/mol. The molecule has 1 aromatic carbocycles. The molecule has 1 aliphatic rings. The highest BCUT2D eigenvalue weighted by molar-refractivity contribution is 5.97. The number of carbonyl (C=O) groups excluding carboxylic acids is 2. The molecule has 0 saturated heterocycles. The van der Waals surface area contributed by atoms with Gasteiger partial charge in [-0.25, -0.2) is 4.79 Å². The molecule has 2 rings (SSSR count). The Morgan fingerprint density at radius 3 is 2.32 bits per heavy atom. The van der Waals surface area contributed by atoms with Gasteiger partial charge >= 0.3 is 5.97 Å². The number of ether oxygens (including phenoxy) is 1. The van der Waals surface area contributed by atoms with E-state index in [4.69, 9.17) is 10.5 Å². The molecule has 1 saturated carbocycles. The number of methoxy groups -OCH3 is 1. The van der Waals surface area contributed by atoms with E-state index in [2.05, 4.69) is 29.0 Å². The van der Waals surface area contributed by atoms with Crippen LogP contribution >= 0.6 is 12.4 Å². The molecule has 168 valence electrons. The quantitative estimate of drug-likeness (QED) is 0.475. The van der Waals surface area contributed by atoms with Crippen LogP contribution in [0.5, 0.6) is 0 Å². The van der Waals surface area contributed by atoms with Crippen molar-refractivity contribution in [2.45, 2.75) is 51.1 Å². The molecule has 0 heterocycles. The summed E-state index contributed by atoms with van der Waals surface area (Å²) >= 11 is 0. The Morgan fingerprint density at radius 2 is 1.81 bits per heavy atom. The molecule has 1 atom stereocenters. The maximum atomic E-state index is 12.5. The summed E-state index contributed by atoms with van der Waals surface area (Å²) in [7, 11) is 1.25. The Bertz CT molecular complexity index is 861. The van der Waals surface area contributed by atoms with Crippen molar-refractivity contribution in [3.05, 3.63) is 35.4 Å². The lowest BCUT2D eigenvalue weighted by Crippen LogP contribution is -2.59. The van der Waals surface area contributed by atoms with Gasteiger partial charge in [0.2, 0.25) is 0 Å². The first-order valence-electron chi connectivity index (χ1n) is 10.1. The van der Waals surface area contributed by atoms with Crippen LogP contribution in [0.15, 0.2) is 24.3 Å². The maximum Gasteiger partial charge on any atom is 0.330 e. The summed E-state index contributed by atoms with van der Waals surface area (Å²) in [6, 6.07) is 5.78. The molecule has 31 heavy (non-hydrogen) atoms. The predicted octanol–water partition coefficient (Wildman–Crippen LogP) is 2.27. The third-order valence-electron chi connectivity index (χ3n) is 5.25. The zero-order valence-electron chi connectivity index (χ0n) is 18.2. The highest BCUT2D eigenvalue weighted by atomic mass is 35.5. The van der Waals surface area contributed by atoms with Crippen molar-refractivity contribution in [3.63, 3.8) is 0 Å². The van der Waals surface area contributed by atoms with Crippen LogP contribution in [0.3, 0.4) is 0 Å². The Hall–Kier alpha value is -2.51. The van der Waals surface area contributed by atoms with E-state index >= 15 is 0 Å². The predicted molar refractivity (Wildman–Crippen MR) is 122 cm³/mol. The number of aliphatic hydroxyl groups is 1. The molecule has 6 nitrogen and oxygen atoms in total. The molecule has 1 aliphatic carbocycles. The number of nitrogens with one attached hydrogen (secondary N) is 1. The number of halogens is 1. The normalized spacial score (nSPS) is 18.7. The third-order valence-corrected chi connectivity index (χ3v) is 5.25. The summed E-state index contributed by atoms with van der Waals surface area (Å²) in [5, 5.41) is 11.8. The molecule has 0 spiro atoms. The molecule has 7 heteroatoms. The van der Waals surface area contributed by atoms with Crippen molar-refractivity contribution >= 4 is 24.3 Å². The minimum Gasteiger partial charge on any atom is -0.467 e. The SMILES string of the molecule is COC(=O)[C@@H](NC(=O)c1ccc(C#CC#CC2CCC(CO)CC2)cc1)C(C)(C)N.Cl. The molecule has 1 aromatic rings. The van der Waals surface area contributed by atoms with Gasteiger partial charge in [0.1, 0.15) is 6.04 Å². The maximum absolute atomic E-state index is 12.5.